The van der Waals surface area contributed by atoms with Crippen molar-refractivity contribution in [2.24, 2.45) is 5.92 Å². The molecule has 0 spiro atoms. The number of hydrogen-bond acceptors (Lipinski definition) is 1. The summed E-state index contributed by atoms with van der Waals surface area (Å²) in [5.41, 5.74) is 2.48. The summed E-state index contributed by atoms with van der Waals surface area (Å²) in [5.74, 6) is 0.716. The summed E-state index contributed by atoms with van der Waals surface area (Å²) in [4.78, 5) is 10.3. The molecule has 80 valence electrons. The molecular weight excluding hydrogens is 184 g/mol. The fraction of sp³-hybridized carbons (Fsp3) is 0.357. The Balaban J connectivity index is 2.76. The van der Waals surface area contributed by atoms with Crippen molar-refractivity contribution >= 4 is 12.4 Å². The first kappa shape index (κ1) is 11.7. The van der Waals surface area contributed by atoms with Crippen LogP contribution < -0.4 is 0 Å². The monoisotopic (exact) mass is 202 g/mol. The molecule has 0 aliphatic heterocycles. The molecule has 1 aromatic rings. The lowest BCUT2D eigenvalue weighted by atomic mass is 9.98. The van der Waals surface area contributed by atoms with Crippen LogP contribution in [0.25, 0.3) is 6.08 Å². The van der Waals surface area contributed by atoms with Gasteiger partial charge in [-0.15, -0.1) is 0 Å². The second-order valence-corrected chi connectivity index (χ2v) is 4.13. The molecule has 0 aromatic heterocycles. The first-order valence-electron chi connectivity index (χ1n) is 5.43. The molecule has 0 saturated heterocycles. The normalized spacial score (nSPS) is 11.1. The first-order chi connectivity index (χ1) is 7.24. The van der Waals surface area contributed by atoms with Crippen molar-refractivity contribution in [2.75, 3.05) is 0 Å². The highest BCUT2D eigenvalue weighted by Crippen LogP contribution is 2.15. The van der Waals surface area contributed by atoms with E-state index in [9.17, 15) is 4.79 Å². The largest absolute Gasteiger partial charge is 0.299 e. The van der Waals surface area contributed by atoms with E-state index >= 15 is 0 Å². The van der Waals surface area contributed by atoms with Crippen LogP contribution in [-0.2, 0) is 11.2 Å². The maximum atomic E-state index is 10.3. The Hall–Kier alpha value is -1.37. The summed E-state index contributed by atoms with van der Waals surface area (Å²) in [6.45, 7) is 4.45. The van der Waals surface area contributed by atoms with E-state index in [1.165, 1.54) is 12.0 Å². The van der Waals surface area contributed by atoms with E-state index in [4.69, 9.17) is 0 Å². The first-order valence-corrected chi connectivity index (χ1v) is 5.43. The molecule has 1 heteroatoms. The third-order valence-electron chi connectivity index (χ3n) is 2.40. The molecule has 0 radical (unpaired) electrons. The smallest absolute Gasteiger partial charge is 0.142 e. The molecule has 1 aromatic carbocycles. The van der Waals surface area contributed by atoms with Gasteiger partial charge in [0.25, 0.3) is 0 Å². The number of carbonyl (C=O) groups is 1. The van der Waals surface area contributed by atoms with Crippen LogP contribution in [0.2, 0.25) is 0 Å². The maximum absolute atomic E-state index is 10.3. The highest BCUT2D eigenvalue weighted by atomic mass is 16.1. The van der Waals surface area contributed by atoms with Gasteiger partial charge in [-0.2, -0.15) is 0 Å². The molecule has 0 fully saturated rings. The predicted octanol–water partition coefficient (Wildman–Crippen LogP) is 3.49. The van der Waals surface area contributed by atoms with Crippen LogP contribution >= 0.6 is 0 Å². The van der Waals surface area contributed by atoms with Crippen LogP contribution in [0.15, 0.2) is 30.3 Å². The third kappa shape index (κ3) is 4.11. The number of aldehydes is 1. The molecule has 0 N–H and O–H groups in total. The zero-order valence-corrected chi connectivity index (χ0v) is 9.44. The molecule has 1 nitrogen and oxygen atoms in total. The van der Waals surface area contributed by atoms with Gasteiger partial charge < -0.3 is 0 Å². The summed E-state index contributed by atoms with van der Waals surface area (Å²) in [6.07, 6.45) is 6.51. The minimum absolute atomic E-state index is 0.716. The Morgan fingerprint density at radius 1 is 1.27 bits per heavy atom. The lowest BCUT2D eigenvalue weighted by Crippen LogP contribution is -1.94. The Morgan fingerprint density at radius 2 is 2.00 bits per heavy atom. The molecule has 1 rings (SSSR count). The number of allylic oxidation sites excluding steroid dienone is 1. The number of aryl methyl sites for hydroxylation is 1. The second-order valence-electron chi connectivity index (χ2n) is 4.13. The summed E-state index contributed by atoms with van der Waals surface area (Å²) < 4.78 is 0. The van der Waals surface area contributed by atoms with E-state index in [0.717, 1.165) is 18.3 Å². The Labute approximate surface area is 91.8 Å². The number of benzene rings is 1. The molecule has 0 aliphatic carbocycles. The van der Waals surface area contributed by atoms with Crippen molar-refractivity contribution in [1.82, 2.24) is 0 Å². The van der Waals surface area contributed by atoms with E-state index in [2.05, 4.69) is 26.0 Å². The highest BCUT2D eigenvalue weighted by molar-refractivity contribution is 5.74. The van der Waals surface area contributed by atoms with Crippen LogP contribution in [0.1, 0.15) is 31.4 Å². The van der Waals surface area contributed by atoms with Crippen LogP contribution in [-0.4, -0.2) is 6.29 Å². The van der Waals surface area contributed by atoms with Gasteiger partial charge in [0.1, 0.15) is 6.29 Å². The molecule has 0 heterocycles. The molecule has 0 unspecified atom stereocenters. The zero-order valence-electron chi connectivity index (χ0n) is 9.44. The summed E-state index contributed by atoms with van der Waals surface area (Å²) in [5, 5.41) is 0. The number of hydrogen-bond donors (Lipinski definition) is 0. The molecule has 15 heavy (non-hydrogen) atoms. The highest BCUT2D eigenvalue weighted by Gasteiger charge is 2.00. The minimum Gasteiger partial charge on any atom is -0.299 e. The van der Waals surface area contributed by atoms with Crippen molar-refractivity contribution in [1.29, 1.82) is 0 Å². The van der Waals surface area contributed by atoms with E-state index < -0.39 is 0 Å². The zero-order chi connectivity index (χ0) is 11.1. The van der Waals surface area contributed by atoms with Gasteiger partial charge in [-0.05, 0) is 36.0 Å². The van der Waals surface area contributed by atoms with Crippen molar-refractivity contribution in [3.05, 3.63) is 41.5 Å². The predicted molar refractivity (Wildman–Crippen MR) is 64.7 cm³/mol. The number of carbonyl (C=O) groups excluding carboxylic acids is 1. The van der Waals surface area contributed by atoms with Crippen molar-refractivity contribution in [2.45, 2.75) is 26.7 Å². The Bertz CT molecular complexity index is 337. The van der Waals surface area contributed by atoms with E-state index in [0.29, 0.717) is 5.92 Å². The van der Waals surface area contributed by atoms with E-state index in [1.807, 2.05) is 18.2 Å². The van der Waals surface area contributed by atoms with Crippen LogP contribution in [0.5, 0.6) is 0 Å². The summed E-state index contributed by atoms with van der Waals surface area (Å²) in [7, 11) is 0. The van der Waals surface area contributed by atoms with E-state index in [1.54, 1.807) is 6.08 Å². The molecule has 0 saturated carbocycles. The summed E-state index contributed by atoms with van der Waals surface area (Å²) in [6, 6.07) is 8.24. The summed E-state index contributed by atoms with van der Waals surface area (Å²) >= 11 is 0. The van der Waals surface area contributed by atoms with Crippen molar-refractivity contribution < 1.29 is 4.79 Å². The van der Waals surface area contributed by atoms with Crippen LogP contribution in [0.3, 0.4) is 0 Å². The Kier molecular flexibility index (Phi) is 4.82. The van der Waals surface area contributed by atoms with Gasteiger partial charge in [0, 0.05) is 0 Å². The molecule has 0 bridgehead atoms. The average molecular weight is 202 g/mol. The third-order valence-corrected chi connectivity index (χ3v) is 2.40. The van der Waals surface area contributed by atoms with Gasteiger partial charge >= 0.3 is 0 Å². The van der Waals surface area contributed by atoms with Gasteiger partial charge in [0.05, 0.1) is 0 Å². The fourth-order valence-corrected chi connectivity index (χ4v) is 1.51. The Morgan fingerprint density at radius 3 is 2.67 bits per heavy atom. The fourth-order valence-electron chi connectivity index (χ4n) is 1.51. The van der Waals surface area contributed by atoms with Crippen molar-refractivity contribution in [3.8, 4) is 0 Å². The quantitative estimate of drug-likeness (QED) is 0.527. The van der Waals surface area contributed by atoms with Gasteiger partial charge in [-0.25, -0.2) is 0 Å². The van der Waals surface area contributed by atoms with Crippen LogP contribution in [0, 0.1) is 5.92 Å². The SMILES string of the molecule is CC(C)CCc1ccccc1/C=C/C=O. The second kappa shape index (κ2) is 6.18. The molecular formula is C14H18O. The van der Waals surface area contributed by atoms with Crippen molar-refractivity contribution in [3.63, 3.8) is 0 Å². The van der Waals surface area contributed by atoms with E-state index in [-0.39, 0.29) is 0 Å². The lowest BCUT2D eigenvalue weighted by molar-refractivity contribution is -0.104. The average Bonchev–Trinajstić information content (AvgIpc) is 2.24. The topological polar surface area (TPSA) is 17.1 Å². The number of rotatable bonds is 5. The molecule has 0 atom stereocenters. The minimum atomic E-state index is 0.716. The molecule has 0 aliphatic rings. The molecule has 0 amide bonds. The standard InChI is InChI=1S/C14H18O/c1-12(2)9-10-14-7-4-3-6-13(14)8-5-11-15/h3-8,11-12H,9-10H2,1-2H3/b8-5+. The maximum Gasteiger partial charge on any atom is 0.142 e. The van der Waals surface area contributed by atoms with Crippen LogP contribution in [0.4, 0.5) is 0 Å². The lowest BCUT2D eigenvalue weighted by Gasteiger charge is -2.07. The van der Waals surface area contributed by atoms with Gasteiger partial charge in [0.2, 0.25) is 0 Å². The van der Waals surface area contributed by atoms with Gasteiger partial charge in [-0.1, -0.05) is 44.2 Å². The van der Waals surface area contributed by atoms with Gasteiger partial charge in [0.15, 0.2) is 0 Å². The van der Waals surface area contributed by atoms with Gasteiger partial charge in [-0.3, -0.25) is 4.79 Å².